The number of ether oxygens (including phenoxy) is 1. The van der Waals surface area contributed by atoms with Crippen molar-refractivity contribution in [2.75, 3.05) is 37.0 Å². The summed E-state index contributed by atoms with van der Waals surface area (Å²) < 4.78 is 19.3. The summed E-state index contributed by atoms with van der Waals surface area (Å²) in [6.45, 7) is 6.28. The topological polar surface area (TPSA) is 50.3 Å². The van der Waals surface area contributed by atoms with Gasteiger partial charge in [0.15, 0.2) is 11.6 Å². The average Bonchev–Trinajstić information content (AvgIpc) is 2.42. The molecule has 2 heterocycles. The predicted octanol–water partition coefficient (Wildman–Crippen LogP) is 1.91. The zero-order valence-corrected chi connectivity index (χ0v) is 11.7. The van der Waals surface area contributed by atoms with Crippen molar-refractivity contribution in [3.8, 4) is 0 Å². The predicted molar refractivity (Wildman–Crippen MR) is 72.9 cm³/mol. The maximum absolute atomic E-state index is 13.9. The summed E-state index contributed by atoms with van der Waals surface area (Å²) in [6.07, 6.45) is 2.31. The van der Waals surface area contributed by atoms with Crippen molar-refractivity contribution in [3.63, 3.8) is 0 Å². The molecule has 0 amide bonds. The van der Waals surface area contributed by atoms with Crippen LogP contribution in [0.25, 0.3) is 0 Å². The molecule has 5 nitrogen and oxygen atoms in total. The highest BCUT2D eigenvalue weighted by molar-refractivity contribution is 5.44. The number of rotatable bonds is 4. The van der Waals surface area contributed by atoms with Crippen LogP contribution in [0.4, 0.5) is 16.2 Å². The van der Waals surface area contributed by atoms with Crippen LogP contribution in [0.5, 0.6) is 0 Å². The summed E-state index contributed by atoms with van der Waals surface area (Å²) in [5.74, 6) is 0.928. The summed E-state index contributed by atoms with van der Waals surface area (Å²) in [4.78, 5) is 10.1. The first-order valence-electron chi connectivity index (χ1n) is 6.69. The van der Waals surface area contributed by atoms with Gasteiger partial charge < -0.3 is 15.0 Å². The number of halogens is 1. The first-order valence-corrected chi connectivity index (χ1v) is 6.69. The van der Waals surface area contributed by atoms with Gasteiger partial charge in [-0.15, -0.1) is 0 Å². The molecule has 0 bridgehead atoms. The van der Waals surface area contributed by atoms with E-state index in [0.29, 0.717) is 30.8 Å². The Kier molecular flexibility index (Phi) is 4.52. The molecule has 0 aliphatic carbocycles. The van der Waals surface area contributed by atoms with Crippen LogP contribution in [0.1, 0.15) is 20.3 Å². The molecular weight excluding hydrogens is 247 g/mol. The lowest BCUT2D eigenvalue weighted by Crippen LogP contribution is -2.44. The third-order valence-electron chi connectivity index (χ3n) is 3.55. The standard InChI is InChI=1S/C13H21FN4O/c1-4-15-13-16-7-10(14)12(17-13)18-6-5-9(2)11(8-18)19-3/h7,9,11H,4-6,8H2,1-3H3,(H,15,16,17). The maximum atomic E-state index is 13.9. The van der Waals surface area contributed by atoms with Gasteiger partial charge in [0.05, 0.1) is 12.3 Å². The molecule has 0 spiro atoms. The lowest BCUT2D eigenvalue weighted by atomic mass is 9.96. The van der Waals surface area contributed by atoms with Crippen LogP contribution in [-0.4, -0.2) is 42.8 Å². The summed E-state index contributed by atoms with van der Waals surface area (Å²) in [6, 6.07) is 0. The van der Waals surface area contributed by atoms with Crippen molar-refractivity contribution in [2.24, 2.45) is 5.92 Å². The van der Waals surface area contributed by atoms with Crippen molar-refractivity contribution >= 4 is 11.8 Å². The average molecular weight is 268 g/mol. The minimum Gasteiger partial charge on any atom is -0.379 e. The van der Waals surface area contributed by atoms with Gasteiger partial charge in [0.25, 0.3) is 0 Å². The molecule has 1 fully saturated rings. The first kappa shape index (κ1) is 14.0. The number of nitrogens with zero attached hydrogens (tertiary/aromatic N) is 3. The number of anilines is 2. The quantitative estimate of drug-likeness (QED) is 0.904. The van der Waals surface area contributed by atoms with Gasteiger partial charge >= 0.3 is 0 Å². The molecule has 6 heteroatoms. The van der Waals surface area contributed by atoms with Crippen molar-refractivity contribution in [2.45, 2.75) is 26.4 Å². The number of methoxy groups -OCH3 is 1. The normalized spacial score (nSPS) is 23.5. The van der Waals surface area contributed by atoms with E-state index < -0.39 is 0 Å². The highest BCUT2D eigenvalue weighted by atomic mass is 19.1. The molecule has 0 saturated carbocycles. The van der Waals surface area contributed by atoms with E-state index in [0.717, 1.165) is 13.0 Å². The fraction of sp³-hybridized carbons (Fsp3) is 0.692. The van der Waals surface area contributed by atoms with Gasteiger partial charge in [0, 0.05) is 26.7 Å². The van der Waals surface area contributed by atoms with Gasteiger partial charge in [0.2, 0.25) is 5.95 Å². The molecular formula is C13H21FN4O. The third kappa shape index (κ3) is 3.12. The monoisotopic (exact) mass is 268 g/mol. The van der Waals surface area contributed by atoms with E-state index in [1.165, 1.54) is 6.20 Å². The van der Waals surface area contributed by atoms with Crippen molar-refractivity contribution in [3.05, 3.63) is 12.0 Å². The largest absolute Gasteiger partial charge is 0.379 e. The van der Waals surface area contributed by atoms with E-state index in [-0.39, 0.29) is 11.9 Å². The summed E-state index contributed by atoms with van der Waals surface area (Å²) in [5.41, 5.74) is 0. The second kappa shape index (κ2) is 6.14. The number of hydrogen-bond donors (Lipinski definition) is 1. The van der Waals surface area contributed by atoms with E-state index in [1.54, 1.807) is 7.11 Å². The zero-order valence-electron chi connectivity index (χ0n) is 11.7. The zero-order chi connectivity index (χ0) is 13.8. The fourth-order valence-electron chi connectivity index (χ4n) is 2.36. The summed E-state index contributed by atoms with van der Waals surface area (Å²) in [7, 11) is 1.70. The first-order chi connectivity index (χ1) is 9.15. The molecule has 0 radical (unpaired) electrons. The van der Waals surface area contributed by atoms with Crippen LogP contribution in [0.3, 0.4) is 0 Å². The van der Waals surface area contributed by atoms with E-state index in [9.17, 15) is 4.39 Å². The molecule has 1 aliphatic heterocycles. The molecule has 19 heavy (non-hydrogen) atoms. The second-order valence-electron chi connectivity index (χ2n) is 4.88. The van der Waals surface area contributed by atoms with Gasteiger partial charge in [0.1, 0.15) is 0 Å². The van der Waals surface area contributed by atoms with Crippen LogP contribution in [-0.2, 0) is 4.74 Å². The fourth-order valence-corrected chi connectivity index (χ4v) is 2.36. The van der Waals surface area contributed by atoms with Crippen molar-refractivity contribution in [1.82, 2.24) is 9.97 Å². The Morgan fingerprint density at radius 2 is 2.37 bits per heavy atom. The number of hydrogen-bond acceptors (Lipinski definition) is 5. The van der Waals surface area contributed by atoms with Gasteiger partial charge in [-0.05, 0) is 19.3 Å². The van der Waals surface area contributed by atoms with Gasteiger partial charge in [-0.25, -0.2) is 9.37 Å². The maximum Gasteiger partial charge on any atom is 0.224 e. The van der Waals surface area contributed by atoms with Gasteiger partial charge in [-0.1, -0.05) is 6.92 Å². The molecule has 106 valence electrons. The van der Waals surface area contributed by atoms with E-state index in [4.69, 9.17) is 4.74 Å². The molecule has 1 aromatic rings. The number of piperidine rings is 1. The minimum absolute atomic E-state index is 0.116. The Balaban J connectivity index is 2.18. The van der Waals surface area contributed by atoms with E-state index in [2.05, 4.69) is 22.2 Å². The van der Waals surface area contributed by atoms with Gasteiger partial charge in [-0.2, -0.15) is 4.98 Å². The molecule has 2 rings (SSSR count). The molecule has 1 saturated heterocycles. The molecule has 1 aromatic heterocycles. The smallest absolute Gasteiger partial charge is 0.224 e. The summed E-state index contributed by atoms with van der Waals surface area (Å²) in [5, 5.41) is 3.00. The summed E-state index contributed by atoms with van der Waals surface area (Å²) >= 11 is 0. The highest BCUT2D eigenvalue weighted by Crippen LogP contribution is 2.25. The van der Waals surface area contributed by atoms with Gasteiger partial charge in [-0.3, -0.25) is 0 Å². The van der Waals surface area contributed by atoms with Crippen molar-refractivity contribution < 1.29 is 9.13 Å². The Morgan fingerprint density at radius 3 is 3.05 bits per heavy atom. The van der Waals surface area contributed by atoms with Crippen molar-refractivity contribution in [1.29, 1.82) is 0 Å². The molecule has 2 unspecified atom stereocenters. The molecule has 0 aromatic carbocycles. The highest BCUT2D eigenvalue weighted by Gasteiger charge is 2.28. The van der Waals surface area contributed by atoms with E-state index in [1.807, 2.05) is 11.8 Å². The Labute approximate surface area is 113 Å². The van der Waals surface area contributed by atoms with Crippen LogP contribution >= 0.6 is 0 Å². The molecule has 2 atom stereocenters. The van der Waals surface area contributed by atoms with E-state index >= 15 is 0 Å². The number of nitrogens with one attached hydrogen (secondary N) is 1. The third-order valence-corrected chi connectivity index (χ3v) is 3.55. The van der Waals surface area contributed by atoms with Crippen LogP contribution < -0.4 is 10.2 Å². The number of aromatic nitrogens is 2. The minimum atomic E-state index is -0.383. The molecule has 1 N–H and O–H groups in total. The Hall–Kier alpha value is -1.43. The Morgan fingerprint density at radius 1 is 1.58 bits per heavy atom. The Bertz CT molecular complexity index is 429. The second-order valence-corrected chi connectivity index (χ2v) is 4.88. The SMILES string of the molecule is CCNc1ncc(F)c(N2CCC(C)C(OC)C2)n1. The van der Waals surface area contributed by atoms with Crippen LogP contribution in [0.15, 0.2) is 6.20 Å². The molecule has 1 aliphatic rings. The lowest BCUT2D eigenvalue weighted by Gasteiger charge is -2.36. The lowest BCUT2D eigenvalue weighted by molar-refractivity contribution is 0.0495. The van der Waals surface area contributed by atoms with Crippen LogP contribution in [0, 0.1) is 11.7 Å². The van der Waals surface area contributed by atoms with Crippen LogP contribution in [0.2, 0.25) is 0 Å².